The third-order valence-electron chi connectivity index (χ3n) is 5.93. The van der Waals surface area contributed by atoms with Crippen molar-refractivity contribution >= 4 is 55.1 Å². The summed E-state index contributed by atoms with van der Waals surface area (Å²) >= 11 is 9.47. The number of hydrogen-bond donors (Lipinski definition) is 1. The van der Waals surface area contributed by atoms with Crippen molar-refractivity contribution in [2.24, 2.45) is 0 Å². The zero-order chi connectivity index (χ0) is 29.0. The smallest absolute Gasteiger partial charge is 0.264 e. The van der Waals surface area contributed by atoms with Crippen molar-refractivity contribution in [3.8, 4) is 0 Å². The first-order chi connectivity index (χ1) is 18.2. The Bertz CT molecular complexity index is 1400. The van der Waals surface area contributed by atoms with Crippen LogP contribution in [0.15, 0.2) is 82.2 Å². The molecule has 0 aliphatic carbocycles. The largest absolute Gasteiger partial charge is 0.350 e. The maximum atomic E-state index is 13.9. The average molecular weight is 635 g/mol. The Kier molecular flexibility index (Phi) is 9.85. The molecule has 0 aliphatic rings. The number of nitrogens with one attached hydrogen (secondary N) is 1. The van der Waals surface area contributed by atoms with Gasteiger partial charge in [0.15, 0.2) is 0 Å². The number of rotatable bonds is 9. The van der Waals surface area contributed by atoms with Gasteiger partial charge < -0.3 is 10.2 Å². The first kappa shape index (κ1) is 30.7. The van der Waals surface area contributed by atoms with Crippen LogP contribution in [0.1, 0.15) is 38.8 Å². The van der Waals surface area contributed by atoms with Gasteiger partial charge in [0.2, 0.25) is 11.8 Å². The van der Waals surface area contributed by atoms with Gasteiger partial charge in [-0.25, -0.2) is 8.42 Å². The molecule has 0 saturated carbocycles. The van der Waals surface area contributed by atoms with Gasteiger partial charge in [-0.15, -0.1) is 0 Å². The highest BCUT2D eigenvalue weighted by atomic mass is 79.9. The second kappa shape index (κ2) is 12.5. The van der Waals surface area contributed by atoms with E-state index >= 15 is 0 Å². The molecule has 0 spiro atoms. The van der Waals surface area contributed by atoms with Gasteiger partial charge in [-0.05, 0) is 88.7 Å². The van der Waals surface area contributed by atoms with E-state index in [1.54, 1.807) is 43.3 Å². The molecule has 0 aromatic heterocycles. The van der Waals surface area contributed by atoms with Gasteiger partial charge in [0.25, 0.3) is 10.0 Å². The minimum atomic E-state index is -4.13. The zero-order valence-electron chi connectivity index (χ0n) is 22.6. The van der Waals surface area contributed by atoms with E-state index < -0.39 is 34.1 Å². The number of amides is 2. The maximum Gasteiger partial charge on any atom is 0.264 e. The van der Waals surface area contributed by atoms with Crippen molar-refractivity contribution in [2.75, 3.05) is 10.8 Å². The lowest BCUT2D eigenvalue weighted by Gasteiger charge is -2.33. The summed E-state index contributed by atoms with van der Waals surface area (Å²) in [6, 6.07) is 19.2. The van der Waals surface area contributed by atoms with Crippen LogP contribution < -0.4 is 9.62 Å². The number of carbonyl (C=O) groups is 2. The number of carbonyl (C=O) groups excluding carboxylic acids is 2. The SMILES string of the molecule is Cc1ccc(S(=O)(=O)N(CC(=O)N(Cc2ccc(Br)cc2)[C@H](C)C(=O)NC(C)(C)C)c2ccc(Cl)cc2)cc1. The fraction of sp³-hybridized carbons (Fsp3) is 0.310. The zero-order valence-corrected chi connectivity index (χ0v) is 25.8. The van der Waals surface area contributed by atoms with Crippen molar-refractivity contribution in [2.45, 2.75) is 57.6 Å². The van der Waals surface area contributed by atoms with E-state index in [-0.39, 0.29) is 23.0 Å². The Balaban J connectivity index is 2.02. The van der Waals surface area contributed by atoms with Crippen molar-refractivity contribution in [3.05, 3.63) is 93.4 Å². The summed E-state index contributed by atoms with van der Waals surface area (Å²) in [6.45, 7) is 8.67. The fourth-order valence-corrected chi connectivity index (χ4v) is 5.62. The highest BCUT2D eigenvalue weighted by molar-refractivity contribution is 9.10. The second-order valence-electron chi connectivity index (χ2n) is 10.4. The average Bonchev–Trinajstić information content (AvgIpc) is 2.86. The summed E-state index contributed by atoms with van der Waals surface area (Å²) in [5, 5.41) is 3.35. The first-order valence-electron chi connectivity index (χ1n) is 12.4. The summed E-state index contributed by atoms with van der Waals surface area (Å²) in [4.78, 5) is 28.5. The standard InChI is InChI=1S/C29H33BrClN3O4S/c1-20-6-16-26(17-7-20)39(37,38)34(25-14-12-24(31)13-15-25)19-27(35)33(18-22-8-10-23(30)11-9-22)21(2)28(36)32-29(3,4)5/h6-17,21H,18-19H2,1-5H3,(H,32,36)/t21-/m1/s1. The molecule has 3 aromatic carbocycles. The molecule has 208 valence electrons. The number of benzene rings is 3. The molecule has 1 atom stereocenters. The molecular weight excluding hydrogens is 602 g/mol. The highest BCUT2D eigenvalue weighted by Crippen LogP contribution is 2.26. The number of aryl methyl sites for hydroxylation is 1. The molecule has 39 heavy (non-hydrogen) atoms. The summed E-state index contributed by atoms with van der Waals surface area (Å²) in [7, 11) is -4.13. The van der Waals surface area contributed by atoms with Gasteiger partial charge >= 0.3 is 0 Å². The summed E-state index contributed by atoms with van der Waals surface area (Å²) in [5.41, 5.74) is 1.47. The van der Waals surface area contributed by atoms with E-state index in [1.165, 1.54) is 17.0 Å². The van der Waals surface area contributed by atoms with Crippen LogP contribution in [0.5, 0.6) is 0 Å². The molecule has 0 unspecified atom stereocenters. The molecule has 3 aromatic rings. The second-order valence-corrected chi connectivity index (χ2v) is 13.6. The van der Waals surface area contributed by atoms with Gasteiger partial charge in [0, 0.05) is 21.6 Å². The molecule has 0 saturated heterocycles. The topological polar surface area (TPSA) is 86.8 Å². The predicted octanol–water partition coefficient (Wildman–Crippen LogP) is 5.94. The van der Waals surface area contributed by atoms with Crippen LogP contribution in [0.25, 0.3) is 0 Å². The summed E-state index contributed by atoms with van der Waals surface area (Å²) < 4.78 is 29.6. The van der Waals surface area contributed by atoms with E-state index in [0.717, 1.165) is 19.9 Å². The molecule has 0 fully saturated rings. The molecule has 1 N–H and O–H groups in total. The quantitative estimate of drug-likeness (QED) is 0.316. The predicted molar refractivity (Wildman–Crippen MR) is 159 cm³/mol. The third-order valence-corrected chi connectivity index (χ3v) is 8.50. The van der Waals surface area contributed by atoms with Crippen molar-refractivity contribution < 1.29 is 18.0 Å². The number of nitrogens with zero attached hydrogens (tertiary/aromatic N) is 2. The van der Waals surface area contributed by atoms with Crippen molar-refractivity contribution in [1.29, 1.82) is 0 Å². The van der Waals surface area contributed by atoms with Crippen molar-refractivity contribution in [1.82, 2.24) is 10.2 Å². The Labute approximate surface area is 244 Å². The summed E-state index contributed by atoms with van der Waals surface area (Å²) in [5.74, 6) is -0.868. The van der Waals surface area contributed by atoms with E-state index in [2.05, 4.69) is 21.2 Å². The van der Waals surface area contributed by atoms with Gasteiger partial charge in [0.1, 0.15) is 12.6 Å². The van der Waals surface area contributed by atoms with E-state index in [0.29, 0.717) is 5.02 Å². The van der Waals surface area contributed by atoms with Crippen LogP contribution in [-0.2, 0) is 26.2 Å². The normalized spacial score (nSPS) is 12.5. The molecule has 10 heteroatoms. The molecule has 7 nitrogen and oxygen atoms in total. The Hall–Kier alpha value is -2.88. The molecule has 0 aliphatic heterocycles. The third kappa shape index (κ3) is 8.30. The fourth-order valence-electron chi connectivity index (χ4n) is 3.82. The van der Waals surface area contributed by atoms with E-state index in [1.807, 2.05) is 52.0 Å². The number of anilines is 1. The van der Waals surface area contributed by atoms with Gasteiger partial charge in [-0.2, -0.15) is 0 Å². The molecular formula is C29H33BrClN3O4S. The van der Waals surface area contributed by atoms with Crippen LogP contribution in [0.4, 0.5) is 5.69 Å². The Morgan fingerprint density at radius 3 is 2.05 bits per heavy atom. The molecule has 0 bridgehead atoms. The number of halogens is 2. The molecule has 3 rings (SSSR count). The van der Waals surface area contributed by atoms with Gasteiger partial charge in [-0.1, -0.05) is 57.4 Å². The lowest BCUT2D eigenvalue weighted by Crippen LogP contribution is -2.54. The lowest BCUT2D eigenvalue weighted by molar-refractivity contribution is -0.140. The first-order valence-corrected chi connectivity index (χ1v) is 15.0. The Morgan fingerprint density at radius 2 is 1.51 bits per heavy atom. The monoisotopic (exact) mass is 633 g/mol. The van der Waals surface area contributed by atoms with Crippen molar-refractivity contribution in [3.63, 3.8) is 0 Å². The highest BCUT2D eigenvalue weighted by Gasteiger charge is 2.33. The van der Waals surface area contributed by atoms with Gasteiger partial charge in [0.05, 0.1) is 10.6 Å². The van der Waals surface area contributed by atoms with Crippen LogP contribution >= 0.6 is 27.5 Å². The lowest BCUT2D eigenvalue weighted by atomic mass is 10.1. The van der Waals surface area contributed by atoms with Gasteiger partial charge in [-0.3, -0.25) is 13.9 Å². The minimum absolute atomic E-state index is 0.0498. The molecule has 0 radical (unpaired) electrons. The summed E-state index contributed by atoms with van der Waals surface area (Å²) in [6.07, 6.45) is 0. The molecule has 0 heterocycles. The maximum absolute atomic E-state index is 13.9. The number of sulfonamides is 1. The minimum Gasteiger partial charge on any atom is -0.350 e. The Morgan fingerprint density at radius 1 is 0.949 bits per heavy atom. The molecule has 2 amide bonds. The van der Waals surface area contributed by atoms with E-state index in [9.17, 15) is 18.0 Å². The van der Waals surface area contributed by atoms with Crippen LogP contribution in [-0.4, -0.2) is 43.3 Å². The van der Waals surface area contributed by atoms with Crippen LogP contribution in [0, 0.1) is 6.92 Å². The number of hydrogen-bond acceptors (Lipinski definition) is 4. The van der Waals surface area contributed by atoms with Crippen LogP contribution in [0.3, 0.4) is 0 Å². The van der Waals surface area contributed by atoms with E-state index in [4.69, 9.17) is 11.6 Å². The van der Waals surface area contributed by atoms with Crippen LogP contribution in [0.2, 0.25) is 5.02 Å².